The van der Waals surface area contributed by atoms with Crippen LogP contribution < -0.4 is 15.4 Å². The Morgan fingerprint density at radius 1 is 1.44 bits per heavy atom. The number of carbonyl (C=O) groups excluding carboxylic acids is 1. The summed E-state index contributed by atoms with van der Waals surface area (Å²) in [5.41, 5.74) is 0. The Kier molecular flexibility index (Phi) is 9.78. The molecule has 25 heavy (non-hydrogen) atoms. The third kappa shape index (κ3) is 8.03. The van der Waals surface area contributed by atoms with Gasteiger partial charge in [-0.15, -0.1) is 12.4 Å². The SMILES string of the molecule is CC(CC(=O)NCC(O)COc1ccc(F)cc1)C1CCCNC1.Cl. The number of ether oxygens (including phenoxy) is 1. The molecule has 0 aliphatic carbocycles. The molecule has 1 aromatic carbocycles. The van der Waals surface area contributed by atoms with E-state index < -0.39 is 6.10 Å². The molecule has 0 radical (unpaired) electrons. The van der Waals surface area contributed by atoms with Gasteiger partial charge in [0.25, 0.3) is 0 Å². The average Bonchev–Trinajstić information content (AvgIpc) is 2.60. The summed E-state index contributed by atoms with van der Waals surface area (Å²) in [4.78, 5) is 12.0. The molecule has 1 aliphatic heterocycles. The molecular weight excluding hydrogens is 347 g/mol. The number of amides is 1. The first kappa shape index (κ1) is 21.7. The maximum Gasteiger partial charge on any atom is 0.220 e. The molecule has 3 N–H and O–H groups in total. The van der Waals surface area contributed by atoms with Crippen LogP contribution in [0.25, 0.3) is 0 Å². The molecule has 1 heterocycles. The summed E-state index contributed by atoms with van der Waals surface area (Å²) in [6, 6.07) is 5.59. The molecule has 0 spiro atoms. The van der Waals surface area contributed by atoms with Gasteiger partial charge in [0, 0.05) is 13.0 Å². The molecule has 1 aromatic rings. The fraction of sp³-hybridized carbons (Fsp3) is 0.611. The summed E-state index contributed by atoms with van der Waals surface area (Å²) < 4.78 is 18.1. The second-order valence-corrected chi connectivity index (χ2v) is 6.51. The molecule has 3 atom stereocenters. The van der Waals surface area contributed by atoms with E-state index >= 15 is 0 Å². The lowest BCUT2D eigenvalue weighted by Gasteiger charge is -2.28. The monoisotopic (exact) mass is 374 g/mol. The molecule has 0 bridgehead atoms. The Bertz CT molecular complexity index is 510. The smallest absolute Gasteiger partial charge is 0.220 e. The van der Waals surface area contributed by atoms with Crippen LogP contribution in [0.1, 0.15) is 26.2 Å². The summed E-state index contributed by atoms with van der Waals surface area (Å²) in [5, 5.41) is 16.0. The predicted octanol–water partition coefficient (Wildman–Crippen LogP) is 2.13. The molecular formula is C18H28ClFN2O3. The minimum atomic E-state index is -0.800. The largest absolute Gasteiger partial charge is 0.491 e. The van der Waals surface area contributed by atoms with Gasteiger partial charge in [0.1, 0.15) is 24.3 Å². The minimum Gasteiger partial charge on any atom is -0.491 e. The molecule has 1 amide bonds. The molecule has 5 nitrogen and oxygen atoms in total. The van der Waals surface area contributed by atoms with Gasteiger partial charge in [0.05, 0.1) is 0 Å². The number of piperidine rings is 1. The fourth-order valence-corrected chi connectivity index (χ4v) is 2.91. The standard InChI is InChI=1S/C18H27FN2O3.ClH/c1-13(14-3-2-8-20-10-14)9-18(23)21-11-16(22)12-24-17-6-4-15(19)5-7-17;/h4-7,13-14,16,20,22H,2-3,8-12H2,1H3,(H,21,23);1H. The number of nitrogens with one attached hydrogen (secondary N) is 2. The highest BCUT2D eigenvalue weighted by molar-refractivity contribution is 5.85. The van der Waals surface area contributed by atoms with Crippen LogP contribution in [0.2, 0.25) is 0 Å². The number of rotatable bonds is 8. The highest BCUT2D eigenvalue weighted by Gasteiger charge is 2.22. The van der Waals surface area contributed by atoms with Gasteiger partial charge in [-0.25, -0.2) is 4.39 Å². The van der Waals surface area contributed by atoms with Crippen LogP contribution in [0, 0.1) is 17.7 Å². The maximum atomic E-state index is 12.8. The summed E-state index contributed by atoms with van der Waals surface area (Å²) in [5.74, 6) is 0.966. The van der Waals surface area contributed by atoms with E-state index in [0.29, 0.717) is 24.0 Å². The van der Waals surface area contributed by atoms with Crippen molar-refractivity contribution in [3.63, 3.8) is 0 Å². The van der Waals surface area contributed by atoms with Crippen molar-refractivity contribution in [3.05, 3.63) is 30.1 Å². The lowest BCUT2D eigenvalue weighted by Crippen LogP contribution is -2.38. The lowest BCUT2D eigenvalue weighted by atomic mass is 9.85. The van der Waals surface area contributed by atoms with E-state index in [1.54, 1.807) is 0 Å². The molecule has 2 rings (SSSR count). The van der Waals surface area contributed by atoms with Crippen molar-refractivity contribution in [2.45, 2.75) is 32.3 Å². The number of hydrogen-bond acceptors (Lipinski definition) is 4. The van der Waals surface area contributed by atoms with Gasteiger partial charge in [-0.1, -0.05) is 6.92 Å². The van der Waals surface area contributed by atoms with Crippen LogP contribution in [-0.2, 0) is 4.79 Å². The van der Waals surface area contributed by atoms with Crippen molar-refractivity contribution < 1.29 is 19.0 Å². The first-order chi connectivity index (χ1) is 11.5. The number of benzene rings is 1. The number of hydrogen-bond donors (Lipinski definition) is 3. The van der Waals surface area contributed by atoms with E-state index in [4.69, 9.17) is 4.74 Å². The van der Waals surface area contributed by atoms with E-state index in [0.717, 1.165) is 25.9 Å². The Hall–Kier alpha value is -1.37. The van der Waals surface area contributed by atoms with Gasteiger partial charge >= 0.3 is 0 Å². The number of halogens is 2. The Morgan fingerprint density at radius 2 is 2.16 bits per heavy atom. The second kappa shape index (κ2) is 11.3. The van der Waals surface area contributed by atoms with Crippen LogP contribution in [0.3, 0.4) is 0 Å². The van der Waals surface area contributed by atoms with Gasteiger partial charge in [-0.05, 0) is 62.0 Å². The molecule has 1 aliphatic rings. The van der Waals surface area contributed by atoms with Crippen molar-refractivity contribution in [2.75, 3.05) is 26.2 Å². The Labute approximate surface area is 154 Å². The summed E-state index contributed by atoms with van der Waals surface area (Å²) in [6.45, 7) is 4.34. The van der Waals surface area contributed by atoms with E-state index in [1.807, 2.05) is 0 Å². The first-order valence-corrected chi connectivity index (χ1v) is 8.58. The molecule has 0 aromatic heterocycles. The second-order valence-electron chi connectivity index (χ2n) is 6.51. The highest BCUT2D eigenvalue weighted by atomic mass is 35.5. The summed E-state index contributed by atoms with van der Waals surface area (Å²) in [7, 11) is 0. The zero-order valence-electron chi connectivity index (χ0n) is 14.5. The lowest BCUT2D eigenvalue weighted by molar-refractivity contribution is -0.122. The minimum absolute atomic E-state index is 0. The van der Waals surface area contributed by atoms with E-state index in [1.165, 1.54) is 24.3 Å². The number of aliphatic hydroxyl groups excluding tert-OH is 1. The highest BCUT2D eigenvalue weighted by Crippen LogP contribution is 2.22. The predicted molar refractivity (Wildman–Crippen MR) is 97.5 cm³/mol. The Balaban J connectivity index is 0.00000312. The zero-order valence-corrected chi connectivity index (χ0v) is 15.4. The first-order valence-electron chi connectivity index (χ1n) is 8.58. The van der Waals surface area contributed by atoms with Gasteiger partial charge < -0.3 is 20.5 Å². The van der Waals surface area contributed by atoms with Crippen LogP contribution in [0.15, 0.2) is 24.3 Å². The number of carbonyl (C=O) groups is 1. The molecule has 1 fully saturated rings. The zero-order chi connectivity index (χ0) is 17.4. The molecule has 3 unspecified atom stereocenters. The molecule has 142 valence electrons. The Morgan fingerprint density at radius 3 is 2.80 bits per heavy atom. The van der Waals surface area contributed by atoms with Gasteiger partial charge in [0.2, 0.25) is 5.91 Å². The van der Waals surface area contributed by atoms with Crippen LogP contribution in [0.4, 0.5) is 4.39 Å². The summed E-state index contributed by atoms with van der Waals surface area (Å²) in [6.07, 6.45) is 1.99. The van der Waals surface area contributed by atoms with Gasteiger partial charge in [-0.2, -0.15) is 0 Å². The maximum absolute atomic E-state index is 12.8. The van der Waals surface area contributed by atoms with Crippen molar-refractivity contribution >= 4 is 18.3 Å². The molecule has 1 saturated heterocycles. The van der Waals surface area contributed by atoms with Gasteiger partial charge in [-0.3, -0.25) is 4.79 Å². The van der Waals surface area contributed by atoms with Gasteiger partial charge in [0.15, 0.2) is 0 Å². The van der Waals surface area contributed by atoms with Crippen molar-refractivity contribution in [2.24, 2.45) is 11.8 Å². The fourth-order valence-electron chi connectivity index (χ4n) is 2.91. The normalized spacial score (nSPS) is 19.4. The van der Waals surface area contributed by atoms with Crippen molar-refractivity contribution in [1.82, 2.24) is 10.6 Å². The molecule has 7 heteroatoms. The van der Waals surface area contributed by atoms with E-state index in [9.17, 15) is 14.3 Å². The average molecular weight is 375 g/mol. The summed E-state index contributed by atoms with van der Waals surface area (Å²) >= 11 is 0. The van der Waals surface area contributed by atoms with E-state index in [2.05, 4.69) is 17.6 Å². The van der Waals surface area contributed by atoms with Crippen molar-refractivity contribution in [3.8, 4) is 5.75 Å². The van der Waals surface area contributed by atoms with E-state index in [-0.39, 0.29) is 37.3 Å². The third-order valence-electron chi connectivity index (χ3n) is 4.44. The molecule has 0 saturated carbocycles. The van der Waals surface area contributed by atoms with Crippen LogP contribution in [0.5, 0.6) is 5.75 Å². The topological polar surface area (TPSA) is 70.6 Å². The number of aliphatic hydroxyl groups is 1. The quantitative estimate of drug-likeness (QED) is 0.652. The third-order valence-corrected chi connectivity index (χ3v) is 4.44. The van der Waals surface area contributed by atoms with Crippen LogP contribution in [-0.4, -0.2) is 43.4 Å². The van der Waals surface area contributed by atoms with Crippen molar-refractivity contribution in [1.29, 1.82) is 0 Å². The van der Waals surface area contributed by atoms with Crippen LogP contribution >= 0.6 is 12.4 Å².